The van der Waals surface area contributed by atoms with Crippen molar-refractivity contribution in [2.75, 3.05) is 13.1 Å². The SMILES string of the molecule is CCN(CC)S(=O)(=O)c1ccc(C2=N/C(=C/c3csnn3)C(=O)O2)cc1. The predicted octanol–water partition coefficient (Wildman–Crippen LogP) is 1.91. The number of carbonyl (C=O) groups excluding carboxylic acids is 1. The predicted molar refractivity (Wildman–Crippen MR) is 97.1 cm³/mol. The summed E-state index contributed by atoms with van der Waals surface area (Å²) >= 11 is 1.16. The van der Waals surface area contributed by atoms with Crippen LogP contribution in [0.4, 0.5) is 0 Å². The van der Waals surface area contributed by atoms with E-state index in [9.17, 15) is 13.2 Å². The van der Waals surface area contributed by atoms with Gasteiger partial charge in [0.15, 0.2) is 5.70 Å². The maximum absolute atomic E-state index is 12.5. The number of esters is 1. The van der Waals surface area contributed by atoms with Crippen LogP contribution in [-0.2, 0) is 19.6 Å². The molecular formula is C16H16N4O4S2. The van der Waals surface area contributed by atoms with Crippen LogP contribution in [0.5, 0.6) is 0 Å². The van der Waals surface area contributed by atoms with Gasteiger partial charge in [-0.3, -0.25) is 0 Å². The second-order valence-corrected chi connectivity index (χ2v) is 7.83. The molecule has 3 rings (SSSR count). The summed E-state index contributed by atoms with van der Waals surface area (Å²) in [6.07, 6.45) is 1.48. The van der Waals surface area contributed by atoms with E-state index in [-0.39, 0.29) is 16.5 Å². The molecule has 136 valence electrons. The first-order chi connectivity index (χ1) is 12.5. The smallest absolute Gasteiger partial charge is 0.363 e. The Hall–Kier alpha value is -2.43. The minimum atomic E-state index is -3.54. The Morgan fingerprint density at radius 1 is 1.19 bits per heavy atom. The number of benzene rings is 1. The molecule has 0 spiro atoms. The fraction of sp³-hybridized carbons (Fsp3) is 0.250. The van der Waals surface area contributed by atoms with Gasteiger partial charge in [0.2, 0.25) is 15.9 Å². The lowest BCUT2D eigenvalue weighted by Crippen LogP contribution is -2.30. The minimum Gasteiger partial charge on any atom is -0.402 e. The highest BCUT2D eigenvalue weighted by Gasteiger charge is 2.26. The molecule has 0 N–H and O–H groups in total. The molecule has 0 amide bonds. The van der Waals surface area contributed by atoms with Gasteiger partial charge in [-0.25, -0.2) is 18.2 Å². The van der Waals surface area contributed by atoms with Crippen molar-refractivity contribution < 1.29 is 17.9 Å². The molecule has 0 saturated heterocycles. The molecule has 0 aliphatic carbocycles. The molecule has 0 radical (unpaired) electrons. The number of hydrogen-bond acceptors (Lipinski definition) is 8. The Labute approximate surface area is 155 Å². The number of ether oxygens (including phenoxy) is 1. The van der Waals surface area contributed by atoms with Gasteiger partial charge in [-0.1, -0.05) is 18.3 Å². The number of hydrogen-bond donors (Lipinski definition) is 0. The van der Waals surface area contributed by atoms with Crippen molar-refractivity contribution in [2.45, 2.75) is 18.7 Å². The molecule has 0 bridgehead atoms. The summed E-state index contributed by atoms with van der Waals surface area (Å²) < 4.78 is 35.2. The zero-order chi connectivity index (χ0) is 18.7. The van der Waals surface area contributed by atoms with Crippen molar-refractivity contribution in [2.24, 2.45) is 4.99 Å². The maximum Gasteiger partial charge on any atom is 0.363 e. The summed E-state index contributed by atoms with van der Waals surface area (Å²) in [5, 5.41) is 5.51. The Kier molecular flexibility index (Phi) is 5.25. The highest BCUT2D eigenvalue weighted by Crippen LogP contribution is 2.21. The molecule has 1 aliphatic rings. The van der Waals surface area contributed by atoms with Crippen LogP contribution in [0.2, 0.25) is 0 Å². The number of aliphatic imine (C=N–C) groups is 1. The highest BCUT2D eigenvalue weighted by molar-refractivity contribution is 7.89. The van der Waals surface area contributed by atoms with E-state index in [2.05, 4.69) is 14.6 Å². The number of nitrogens with zero attached hydrogens (tertiary/aromatic N) is 4. The maximum atomic E-state index is 12.5. The van der Waals surface area contributed by atoms with Crippen molar-refractivity contribution in [1.82, 2.24) is 13.9 Å². The van der Waals surface area contributed by atoms with Crippen LogP contribution in [-0.4, -0.2) is 47.3 Å². The lowest BCUT2D eigenvalue weighted by molar-refractivity contribution is -0.129. The Balaban J connectivity index is 1.87. The van der Waals surface area contributed by atoms with E-state index in [1.165, 1.54) is 22.5 Å². The molecule has 0 saturated carbocycles. The van der Waals surface area contributed by atoms with E-state index >= 15 is 0 Å². The fourth-order valence-electron chi connectivity index (χ4n) is 2.39. The number of cyclic esters (lactones) is 1. The summed E-state index contributed by atoms with van der Waals surface area (Å²) in [6, 6.07) is 6.09. The standard InChI is InChI=1S/C16H16N4O4S2/c1-3-20(4-2)26(22,23)13-7-5-11(6-8-13)15-17-14(16(21)24-15)9-12-10-25-19-18-12/h5-10H,3-4H2,1-2H3/b14-9+. The number of rotatable bonds is 6. The molecule has 0 atom stereocenters. The minimum absolute atomic E-state index is 0.118. The number of sulfonamides is 1. The van der Waals surface area contributed by atoms with Crippen molar-refractivity contribution in [3.63, 3.8) is 0 Å². The summed E-state index contributed by atoms with van der Waals surface area (Å²) in [5.74, 6) is -0.468. The Morgan fingerprint density at radius 3 is 2.46 bits per heavy atom. The van der Waals surface area contributed by atoms with Crippen molar-refractivity contribution in [3.8, 4) is 0 Å². The fourth-order valence-corrected chi connectivity index (χ4v) is 4.26. The molecule has 1 aliphatic heterocycles. The Bertz CT molecular complexity index is 960. The van der Waals surface area contributed by atoms with Gasteiger partial charge < -0.3 is 4.74 Å². The van der Waals surface area contributed by atoms with Crippen LogP contribution < -0.4 is 0 Å². The molecule has 1 aromatic heterocycles. The Morgan fingerprint density at radius 2 is 1.88 bits per heavy atom. The van der Waals surface area contributed by atoms with E-state index in [1.807, 2.05) is 0 Å². The lowest BCUT2D eigenvalue weighted by Gasteiger charge is -2.18. The zero-order valence-corrected chi connectivity index (χ0v) is 15.7. The molecule has 2 heterocycles. The number of aromatic nitrogens is 2. The van der Waals surface area contributed by atoms with Gasteiger partial charge in [0.25, 0.3) is 0 Å². The summed E-state index contributed by atoms with van der Waals surface area (Å²) in [4.78, 5) is 16.3. The van der Waals surface area contributed by atoms with Crippen molar-refractivity contribution in [1.29, 1.82) is 0 Å². The van der Waals surface area contributed by atoms with Gasteiger partial charge in [0, 0.05) is 24.0 Å². The average Bonchev–Trinajstić information content (AvgIpc) is 3.26. The second-order valence-electron chi connectivity index (χ2n) is 5.28. The first-order valence-electron chi connectivity index (χ1n) is 7.86. The largest absolute Gasteiger partial charge is 0.402 e. The van der Waals surface area contributed by atoms with E-state index < -0.39 is 16.0 Å². The number of carbonyl (C=O) groups is 1. The van der Waals surface area contributed by atoms with Crippen molar-refractivity contribution in [3.05, 3.63) is 46.6 Å². The van der Waals surface area contributed by atoms with Gasteiger partial charge in [0.1, 0.15) is 5.69 Å². The van der Waals surface area contributed by atoms with E-state index in [0.717, 1.165) is 11.5 Å². The van der Waals surface area contributed by atoms with Gasteiger partial charge >= 0.3 is 5.97 Å². The third-order valence-electron chi connectivity index (χ3n) is 3.73. The van der Waals surface area contributed by atoms with E-state index in [4.69, 9.17) is 4.74 Å². The molecule has 8 nitrogen and oxygen atoms in total. The van der Waals surface area contributed by atoms with Gasteiger partial charge in [0.05, 0.1) is 4.90 Å². The summed E-state index contributed by atoms with van der Waals surface area (Å²) in [7, 11) is -3.54. The van der Waals surface area contributed by atoms with E-state index in [1.54, 1.807) is 31.4 Å². The van der Waals surface area contributed by atoms with Crippen LogP contribution in [0, 0.1) is 0 Å². The molecule has 10 heteroatoms. The van der Waals surface area contributed by atoms with Crippen LogP contribution in [0.1, 0.15) is 25.1 Å². The van der Waals surface area contributed by atoms with Crippen LogP contribution in [0.3, 0.4) is 0 Å². The van der Waals surface area contributed by atoms with Gasteiger partial charge in [-0.05, 0) is 41.9 Å². The quantitative estimate of drug-likeness (QED) is 0.550. The topological polar surface area (TPSA) is 102 Å². The highest BCUT2D eigenvalue weighted by atomic mass is 32.2. The normalized spacial score (nSPS) is 16.2. The third-order valence-corrected chi connectivity index (χ3v) is 6.31. The second kappa shape index (κ2) is 7.44. The van der Waals surface area contributed by atoms with Crippen LogP contribution in [0.15, 0.2) is 45.2 Å². The van der Waals surface area contributed by atoms with Crippen LogP contribution >= 0.6 is 11.5 Å². The van der Waals surface area contributed by atoms with Gasteiger partial charge in [-0.2, -0.15) is 4.31 Å². The first-order valence-corrected chi connectivity index (χ1v) is 10.1. The summed E-state index contributed by atoms with van der Waals surface area (Å²) in [6.45, 7) is 4.36. The molecule has 2 aromatic rings. The molecule has 1 aromatic carbocycles. The van der Waals surface area contributed by atoms with E-state index in [0.29, 0.717) is 24.3 Å². The molecule has 0 fully saturated rings. The van der Waals surface area contributed by atoms with Crippen molar-refractivity contribution >= 4 is 39.5 Å². The third kappa shape index (κ3) is 3.57. The first kappa shape index (κ1) is 18.4. The summed E-state index contributed by atoms with van der Waals surface area (Å²) in [5.41, 5.74) is 1.15. The lowest BCUT2D eigenvalue weighted by atomic mass is 10.2. The molecular weight excluding hydrogens is 376 g/mol. The zero-order valence-electron chi connectivity index (χ0n) is 14.1. The molecule has 0 unspecified atom stereocenters. The molecule has 26 heavy (non-hydrogen) atoms. The monoisotopic (exact) mass is 392 g/mol. The van der Waals surface area contributed by atoms with Gasteiger partial charge in [-0.15, -0.1) is 5.10 Å². The van der Waals surface area contributed by atoms with Crippen LogP contribution in [0.25, 0.3) is 6.08 Å². The average molecular weight is 392 g/mol.